The molecule has 1 aliphatic rings. The molecule has 0 amide bonds. The second-order valence-corrected chi connectivity index (χ2v) is 5.60. The Kier molecular flexibility index (Phi) is 4.25. The second-order valence-electron chi connectivity index (χ2n) is 4.74. The SMILES string of the molecule is COc1cccc(C2=N/C(=C\c3ccc(F)c(Br)c3)C(=O)O2)c1. The number of benzene rings is 2. The molecule has 0 N–H and O–H groups in total. The predicted octanol–water partition coefficient (Wildman–Crippen LogP) is 3.94. The zero-order valence-electron chi connectivity index (χ0n) is 12.0. The summed E-state index contributed by atoms with van der Waals surface area (Å²) in [6, 6.07) is 11.5. The number of carbonyl (C=O) groups is 1. The molecule has 0 unspecified atom stereocenters. The Morgan fingerprint density at radius 1 is 1.26 bits per heavy atom. The third-order valence-electron chi connectivity index (χ3n) is 3.18. The van der Waals surface area contributed by atoms with Gasteiger partial charge in [-0.25, -0.2) is 14.2 Å². The standard InChI is InChI=1S/C17H11BrFNO3/c1-22-12-4-2-3-11(9-12)16-20-15(17(21)23-16)8-10-5-6-14(19)13(18)7-10/h2-9H,1H3/b15-8-. The van der Waals surface area contributed by atoms with Crippen LogP contribution < -0.4 is 4.74 Å². The van der Waals surface area contributed by atoms with Crippen molar-refractivity contribution in [2.45, 2.75) is 0 Å². The van der Waals surface area contributed by atoms with Crippen LogP contribution in [0.2, 0.25) is 0 Å². The topological polar surface area (TPSA) is 47.9 Å². The molecule has 4 nitrogen and oxygen atoms in total. The zero-order chi connectivity index (χ0) is 16.4. The summed E-state index contributed by atoms with van der Waals surface area (Å²) in [4.78, 5) is 16.2. The first-order chi connectivity index (χ1) is 11.1. The van der Waals surface area contributed by atoms with Crippen molar-refractivity contribution in [2.24, 2.45) is 4.99 Å². The number of rotatable bonds is 3. The van der Waals surface area contributed by atoms with Gasteiger partial charge in [0.05, 0.1) is 11.6 Å². The first kappa shape index (κ1) is 15.4. The van der Waals surface area contributed by atoms with Crippen molar-refractivity contribution in [3.8, 4) is 5.75 Å². The van der Waals surface area contributed by atoms with Crippen LogP contribution in [0, 0.1) is 5.82 Å². The van der Waals surface area contributed by atoms with E-state index < -0.39 is 5.97 Å². The van der Waals surface area contributed by atoms with E-state index in [1.807, 2.05) is 0 Å². The molecule has 2 aromatic carbocycles. The maximum Gasteiger partial charge on any atom is 0.363 e. The second kappa shape index (κ2) is 6.34. The van der Waals surface area contributed by atoms with Gasteiger partial charge in [0.15, 0.2) is 5.70 Å². The molecule has 3 rings (SSSR count). The lowest BCUT2D eigenvalue weighted by Crippen LogP contribution is -2.05. The van der Waals surface area contributed by atoms with Crippen LogP contribution in [0.1, 0.15) is 11.1 Å². The third kappa shape index (κ3) is 3.32. The van der Waals surface area contributed by atoms with Crippen LogP contribution in [0.25, 0.3) is 6.08 Å². The highest BCUT2D eigenvalue weighted by Gasteiger charge is 2.24. The maximum atomic E-state index is 13.2. The van der Waals surface area contributed by atoms with Crippen molar-refractivity contribution < 1.29 is 18.7 Å². The molecular formula is C17H11BrFNO3. The monoisotopic (exact) mass is 375 g/mol. The molecule has 6 heteroatoms. The largest absolute Gasteiger partial charge is 0.497 e. The van der Waals surface area contributed by atoms with Gasteiger partial charge in [-0.3, -0.25) is 0 Å². The number of carbonyl (C=O) groups excluding carboxylic acids is 1. The number of aliphatic imine (C=N–C) groups is 1. The minimum atomic E-state index is -0.553. The van der Waals surface area contributed by atoms with Crippen LogP contribution in [-0.2, 0) is 9.53 Å². The first-order valence-electron chi connectivity index (χ1n) is 6.69. The Morgan fingerprint density at radius 3 is 2.83 bits per heavy atom. The van der Waals surface area contributed by atoms with E-state index in [-0.39, 0.29) is 17.4 Å². The smallest absolute Gasteiger partial charge is 0.363 e. The minimum Gasteiger partial charge on any atom is -0.497 e. The van der Waals surface area contributed by atoms with E-state index in [4.69, 9.17) is 9.47 Å². The Labute approximate surface area is 140 Å². The van der Waals surface area contributed by atoms with Gasteiger partial charge in [-0.15, -0.1) is 0 Å². The van der Waals surface area contributed by atoms with E-state index in [9.17, 15) is 9.18 Å². The highest BCUT2D eigenvalue weighted by atomic mass is 79.9. The van der Waals surface area contributed by atoms with Crippen molar-refractivity contribution in [3.63, 3.8) is 0 Å². The molecule has 0 fully saturated rings. The van der Waals surface area contributed by atoms with Gasteiger partial charge in [-0.1, -0.05) is 12.1 Å². The summed E-state index contributed by atoms with van der Waals surface area (Å²) >= 11 is 3.10. The van der Waals surface area contributed by atoms with E-state index in [1.54, 1.807) is 49.6 Å². The maximum absolute atomic E-state index is 13.2. The van der Waals surface area contributed by atoms with Gasteiger partial charge in [0, 0.05) is 5.56 Å². The summed E-state index contributed by atoms with van der Waals surface area (Å²) in [6.45, 7) is 0. The van der Waals surface area contributed by atoms with Crippen molar-refractivity contribution in [2.75, 3.05) is 7.11 Å². The fourth-order valence-corrected chi connectivity index (χ4v) is 2.45. The number of methoxy groups -OCH3 is 1. The van der Waals surface area contributed by atoms with Crippen LogP contribution in [0.3, 0.4) is 0 Å². The molecule has 0 aromatic heterocycles. The summed E-state index contributed by atoms with van der Waals surface area (Å²) in [7, 11) is 1.55. The van der Waals surface area contributed by atoms with Crippen LogP contribution in [0.5, 0.6) is 5.75 Å². The van der Waals surface area contributed by atoms with Crippen molar-refractivity contribution >= 4 is 33.9 Å². The average molecular weight is 376 g/mol. The molecule has 0 bridgehead atoms. The van der Waals surface area contributed by atoms with Crippen LogP contribution in [0.15, 0.2) is 57.6 Å². The van der Waals surface area contributed by atoms with Gasteiger partial charge < -0.3 is 9.47 Å². The minimum absolute atomic E-state index is 0.154. The highest BCUT2D eigenvalue weighted by Crippen LogP contribution is 2.23. The van der Waals surface area contributed by atoms with Gasteiger partial charge in [0.25, 0.3) is 0 Å². The van der Waals surface area contributed by atoms with Gasteiger partial charge in [0.1, 0.15) is 11.6 Å². The van der Waals surface area contributed by atoms with Gasteiger partial charge in [-0.05, 0) is 57.9 Å². The molecule has 1 aliphatic heterocycles. The summed E-state index contributed by atoms with van der Waals surface area (Å²) in [5, 5.41) is 0. The summed E-state index contributed by atoms with van der Waals surface area (Å²) in [5.41, 5.74) is 1.43. The molecule has 116 valence electrons. The number of halogens is 2. The van der Waals surface area contributed by atoms with Crippen LogP contribution >= 0.6 is 15.9 Å². The molecule has 0 spiro atoms. The van der Waals surface area contributed by atoms with Crippen molar-refractivity contribution in [1.29, 1.82) is 0 Å². The lowest BCUT2D eigenvalue weighted by Gasteiger charge is -2.02. The fourth-order valence-electron chi connectivity index (χ4n) is 2.05. The average Bonchev–Trinajstić information content (AvgIpc) is 2.92. The summed E-state index contributed by atoms with van der Waals surface area (Å²) < 4.78 is 23.9. The molecule has 0 aliphatic carbocycles. The Bertz CT molecular complexity index is 845. The van der Waals surface area contributed by atoms with E-state index in [0.717, 1.165) is 0 Å². The summed E-state index contributed by atoms with van der Waals surface area (Å²) in [5.74, 6) is -0.0764. The predicted molar refractivity (Wildman–Crippen MR) is 87.7 cm³/mol. The normalized spacial score (nSPS) is 15.5. The fraction of sp³-hybridized carbons (Fsp3) is 0.0588. The molecule has 0 atom stereocenters. The van der Waals surface area contributed by atoms with Crippen LogP contribution in [-0.4, -0.2) is 19.0 Å². The number of hydrogen-bond donors (Lipinski definition) is 0. The molecular weight excluding hydrogens is 365 g/mol. The number of esters is 1. The Morgan fingerprint density at radius 2 is 2.09 bits per heavy atom. The lowest BCUT2D eigenvalue weighted by atomic mass is 10.2. The molecule has 0 radical (unpaired) electrons. The van der Waals surface area contributed by atoms with Crippen molar-refractivity contribution in [1.82, 2.24) is 0 Å². The van der Waals surface area contributed by atoms with Crippen molar-refractivity contribution in [3.05, 3.63) is 69.6 Å². The Balaban J connectivity index is 1.94. The molecule has 2 aromatic rings. The first-order valence-corrected chi connectivity index (χ1v) is 7.48. The van der Waals surface area contributed by atoms with Gasteiger partial charge in [-0.2, -0.15) is 0 Å². The van der Waals surface area contributed by atoms with Crippen LogP contribution in [0.4, 0.5) is 4.39 Å². The zero-order valence-corrected chi connectivity index (χ0v) is 13.6. The number of ether oxygens (including phenoxy) is 2. The van der Waals surface area contributed by atoms with E-state index >= 15 is 0 Å². The number of hydrogen-bond acceptors (Lipinski definition) is 4. The van der Waals surface area contributed by atoms with Gasteiger partial charge in [0.2, 0.25) is 5.90 Å². The van der Waals surface area contributed by atoms with E-state index in [2.05, 4.69) is 20.9 Å². The molecule has 23 heavy (non-hydrogen) atoms. The molecule has 1 heterocycles. The quantitative estimate of drug-likeness (QED) is 0.602. The number of cyclic esters (lactones) is 1. The third-order valence-corrected chi connectivity index (χ3v) is 3.79. The van der Waals surface area contributed by atoms with Gasteiger partial charge >= 0.3 is 5.97 Å². The van der Waals surface area contributed by atoms with E-state index in [1.165, 1.54) is 6.07 Å². The number of nitrogens with zero attached hydrogens (tertiary/aromatic N) is 1. The highest BCUT2D eigenvalue weighted by molar-refractivity contribution is 9.10. The Hall–Kier alpha value is -2.47. The lowest BCUT2D eigenvalue weighted by molar-refractivity contribution is -0.129. The molecule has 0 saturated carbocycles. The molecule has 0 saturated heterocycles. The van der Waals surface area contributed by atoms with E-state index in [0.29, 0.717) is 21.3 Å². The summed E-state index contributed by atoms with van der Waals surface area (Å²) in [6.07, 6.45) is 1.54.